The number of halogens is 1. The number of unbranched alkanes of at least 4 members (excludes halogenated alkanes) is 1. The first kappa shape index (κ1) is 28.3. The minimum atomic E-state index is -4.01. The molecule has 3 amide bonds. The van der Waals surface area contributed by atoms with Crippen LogP contribution in [0.2, 0.25) is 5.02 Å². The topological polar surface area (TPSA) is 130 Å². The Bertz CT molecular complexity index is 1270. The van der Waals surface area contributed by atoms with E-state index in [1.165, 1.54) is 47.4 Å². The Morgan fingerprint density at radius 2 is 1.67 bits per heavy atom. The lowest BCUT2D eigenvalue weighted by Gasteiger charge is -2.09. The highest BCUT2D eigenvalue weighted by atomic mass is 35.5. The molecule has 9 nitrogen and oxygen atoms in total. The third-order valence-corrected chi connectivity index (χ3v) is 9.34. The van der Waals surface area contributed by atoms with E-state index >= 15 is 0 Å². The molecule has 3 N–H and O–H groups in total. The van der Waals surface area contributed by atoms with Gasteiger partial charge in [0, 0.05) is 23.0 Å². The Morgan fingerprint density at radius 1 is 1.00 bits per heavy atom. The monoisotopic (exact) mass is 585 g/mol. The minimum Gasteiger partial charge on any atom is -0.337 e. The number of carbonyl (C=O) groups is 2. The molecule has 0 aliphatic heterocycles. The molecule has 0 bridgehead atoms. The molecule has 0 aliphatic rings. The van der Waals surface area contributed by atoms with Crippen molar-refractivity contribution in [1.29, 1.82) is 0 Å². The number of nitrogens with zero attached hydrogens (tertiary/aromatic N) is 2. The lowest BCUT2D eigenvalue weighted by molar-refractivity contribution is -0.113. The van der Waals surface area contributed by atoms with Gasteiger partial charge >= 0.3 is 6.03 Å². The van der Waals surface area contributed by atoms with E-state index in [0.717, 1.165) is 28.5 Å². The number of benzene rings is 2. The second-order valence-corrected chi connectivity index (χ2v) is 12.9. The summed E-state index contributed by atoms with van der Waals surface area (Å²) < 4.78 is 28.1. The van der Waals surface area contributed by atoms with Crippen LogP contribution in [-0.2, 0) is 20.6 Å². The van der Waals surface area contributed by atoms with Gasteiger partial charge in [0.2, 0.25) is 5.91 Å². The second kappa shape index (κ2) is 13.8. The fourth-order valence-corrected chi connectivity index (χ4v) is 6.51. The Kier molecular flexibility index (Phi) is 10.9. The summed E-state index contributed by atoms with van der Waals surface area (Å²) in [6, 6.07) is 12.4. The summed E-state index contributed by atoms with van der Waals surface area (Å²) in [4.78, 5) is 24.0. The highest BCUT2D eigenvalue weighted by Gasteiger charge is 2.17. The molecule has 3 rings (SSSR count). The van der Waals surface area contributed by atoms with Gasteiger partial charge in [0.05, 0.1) is 10.6 Å². The third kappa shape index (κ3) is 9.28. The van der Waals surface area contributed by atoms with E-state index in [9.17, 15) is 18.0 Å². The second-order valence-electron chi connectivity index (χ2n) is 7.33. The van der Waals surface area contributed by atoms with Gasteiger partial charge < -0.3 is 10.6 Å². The van der Waals surface area contributed by atoms with Gasteiger partial charge in [-0.15, -0.1) is 10.2 Å². The van der Waals surface area contributed by atoms with Crippen molar-refractivity contribution in [2.24, 2.45) is 0 Å². The van der Waals surface area contributed by atoms with Crippen molar-refractivity contribution in [1.82, 2.24) is 20.2 Å². The first-order chi connectivity index (χ1) is 17.2. The van der Waals surface area contributed by atoms with Crippen molar-refractivity contribution in [2.45, 2.75) is 39.1 Å². The normalized spacial score (nSPS) is 11.2. The van der Waals surface area contributed by atoms with Gasteiger partial charge in [-0.25, -0.2) is 17.9 Å². The number of amides is 3. The van der Waals surface area contributed by atoms with E-state index in [2.05, 4.69) is 20.8 Å². The van der Waals surface area contributed by atoms with Gasteiger partial charge in [-0.1, -0.05) is 71.9 Å². The zero-order valence-electron chi connectivity index (χ0n) is 19.2. The number of aromatic nitrogens is 2. The van der Waals surface area contributed by atoms with Crippen molar-refractivity contribution < 1.29 is 18.0 Å². The number of anilines is 1. The summed E-state index contributed by atoms with van der Waals surface area (Å²) in [5, 5.41) is 14.1. The van der Waals surface area contributed by atoms with Gasteiger partial charge in [-0.05, 0) is 48.4 Å². The average molecular weight is 586 g/mol. The van der Waals surface area contributed by atoms with E-state index in [1.807, 2.05) is 35.9 Å². The number of nitrogens with one attached hydrogen (secondary N) is 3. The van der Waals surface area contributed by atoms with Gasteiger partial charge in [-0.3, -0.25) is 4.79 Å². The molecule has 0 unspecified atom stereocenters. The molecule has 0 saturated heterocycles. The summed E-state index contributed by atoms with van der Waals surface area (Å²) in [6.45, 7) is 2.35. The predicted molar refractivity (Wildman–Crippen MR) is 145 cm³/mol. The molecular weight excluding hydrogens is 562 g/mol. The molecule has 0 aliphatic carbocycles. The van der Waals surface area contributed by atoms with Crippen molar-refractivity contribution in [3.05, 3.63) is 59.1 Å². The fourth-order valence-electron chi connectivity index (χ4n) is 2.68. The molecule has 3 aromatic rings. The zero-order valence-corrected chi connectivity index (χ0v) is 23.2. The minimum absolute atomic E-state index is 0.0852. The standard InChI is InChI=1S/C22H24ClN5O4S4/c1-2-3-12-24-20(30)28-36(31,32)18-10-8-17(9-11-18)25-19(29)14-34-22-27-26-21(35-22)33-13-15-4-6-16(23)7-5-15/h4-11H,2-3,12-14H2,1H3,(H,25,29)(H2,24,28,30). The Morgan fingerprint density at radius 3 is 2.33 bits per heavy atom. The number of carbonyl (C=O) groups excluding carboxylic acids is 2. The first-order valence-corrected chi connectivity index (χ1v) is 15.4. The van der Waals surface area contributed by atoms with Crippen LogP contribution in [-0.4, -0.2) is 42.9 Å². The highest BCUT2D eigenvalue weighted by Crippen LogP contribution is 2.31. The van der Waals surface area contributed by atoms with E-state index in [0.29, 0.717) is 21.6 Å². The quantitative estimate of drug-likeness (QED) is 0.200. The highest BCUT2D eigenvalue weighted by molar-refractivity contribution is 8.03. The summed E-state index contributed by atoms with van der Waals surface area (Å²) >= 11 is 10.1. The zero-order chi connectivity index (χ0) is 26.0. The molecule has 0 spiro atoms. The largest absolute Gasteiger partial charge is 0.337 e. The van der Waals surface area contributed by atoms with Crippen molar-refractivity contribution in [3.8, 4) is 0 Å². The van der Waals surface area contributed by atoms with E-state index in [-0.39, 0.29) is 16.6 Å². The molecule has 36 heavy (non-hydrogen) atoms. The van der Waals surface area contributed by atoms with Crippen LogP contribution in [0.25, 0.3) is 0 Å². The molecule has 1 heterocycles. The Hall–Kier alpha value is -2.32. The molecule has 0 saturated carbocycles. The maximum absolute atomic E-state index is 12.3. The summed E-state index contributed by atoms with van der Waals surface area (Å²) in [7, 11) is -4.01. The molecule has 14 heteroatoms. The van der Waals surface area contributed by atoms with Crippen LogP contribution in [0, 0.1) is 0 Å². The van der Waals surface area contributed by atoms with Crippen LogP contribution in [0.15, 0.2) is 62.1 Å². The molecule has 0 atom stereocenters. The van der Waals surface area contributed by atoms with E-state index in [1.54, 1.807) is 11.8 Å². The van der Waals surface area contributed by atoms with Crippen LogP contribution < -0.4 is 15.4 Å². The summed E-state index contributed by atoms with van der Waals surface area (Å²) in [5.41, 5.74) is 1.56. The number of urea groups is 1. The number of hydrogen-bond donors (Lipinski definition) is 3. The Labute approximate surface area is 227 Å². The van der Waals surface area contributed by atoms with E-state index < -0.39 is 16.1 Å². The molecule has 192 valence electrons. The SMILES string of the molecule is CCCCNC(=O)NS(=O)(=O)c1ccc(NC(=O)CSc2nnc(SCc3ccc(Cl)cc3)s2)cc1. The average Bonchev–Trinajstić information content (AvgIpc) is 3.30. The molecule has 1 aromatic heterocycles. The molecular formula is C22H24ClN5O4S4. The van der Waals surface area contributed by atoms with Gasteiger partial charge in [0.15, 0.2) is 8.68 Å². The fraction of sp³-hybridized carbons (Fsp3) is 0.273. The Balaban J connectivity index is 1.44. The number of hydrogen-bond acceptors (Lipinski definition) is 9. The van der Waals surface area contributed by atoms with Crippen LogP contribution in [0.4, 0.5) is 10.5 Å². The smallest absolute Gasteiger partial charge is 0.328 e. The first-order valence-electron chi connectivity index (χ1n) is 10.8. The van der Waals surface area contributed by atoms with Gasteiger partial charge in [0.25, 0.3) is 10.0 Å². The lowest BCUT2D eigenvalue weighted by atomic mass is 10.2. The van der Waals surface area contributed by atoms with Crippen molar-refractivity contribution in [3.63, 3.8) is 0 Å². The maximum Gasteiger partial charge on any atom is 0.328 e. The number of rotatable bonds is 12. The molecule has 0 fully saturated rings. The van der Waals surface area contributed by atoms with Crippen LogP contribution in [0.5, 0.6) is 0 Å². The van der Waals surface area contributed by atoms with Gasteiger partial charge in [0.1, 0.15) is 0 Å². The van der Waals surface area contributed by atoms with Crippen LogP contribution in [0.1, 0.15) is 25.3 Å². The van der Waals surface area contributed by atoms with Crippen molar-refractivity contribution in [2.75, 3.05) is 17.6 Å². The molecule has 2 aromatic carbocycles. The summed E-state index contributed by atoms with van der Waals surface area (Å²) in [5.74, 6) is 0.590. The van der Waals surface area contributed by atoms with Crippen molar-refractivity contribution >= 4 is 74.1 Å². The van der Waals surface area contributed by atoms with Crippen LogP contribution in [0.3, 0.4) is 0 Å². The number of sulfonamides is 1. The third-order valence-electron chi connectivity index (χ3n) is 4.48. The predicted octanol–water partition coefficient (Wildman–Crippen LogP) is 5.00. The summed E-state index contributed by atoms with van der Waals surface area (Å²) in [6.07, 6.45) is 1.63. The van der Waals surface area contributed by atoms with Gasteiger partial charge in [-0.2, -0.15) is 0 Å². The van der Waals surface area contributed by atoms with E-state index in [4.69, 9.17) is 11.6 Å². The lowest BCUT2D eigenvalue weighted by Crippen LogP contribution is -2.39. The number of thioether (sulfide) groups is 2. The molecule has 0 radical (unpaired) electrons. The maximum atomic E-state index is 12.3. The van der Waals surface area contributed by atoms with Crippen LogP contribution >= 0.6 is 46.5 Å².